The van der Waals surface area contributed by atoms with Crippen LogP contribution in [0.3, 0.4) is 0 Å². The molecule has 2 aromatic heterocycles. The number of aromatic nitrogens is 4. The molecule has 0 fully saturated rings. The molecule has 0 saturated carbocycles. The molecule has 29 heavy (non-hydrogen) atoms. The van der Waals surface area contributed by atoms with Crippen LogP contribution in [-0.4, -0.2) is 25.9 Å². The quantitative estimate of drug-likeness (QED) is 0.682. The molecule has 1 aromatic carbocycles. The topological polar surface area (TPSA) is 75.6 Å². The van der Waals surface area contributed by atoms with Crippen LogP contribution in [0.5, 0.6) is 0 Å². The van der Waals surface area contributed by atoms with Crippen LogP contribution >= 0.6 is 0 Å². The summed E-state index contributed by atoms with van der Waals surface area (Å²) >= 11 is 0. The average Bonchev–Trinajstić information content (AvgIpc) is 3.29. The van der Waals surface area contributed by atoms with Crippen LogP contribution in [-0.2, 0) is 12.8 Å². The molecule has 0 saturated heterocycles. The highest BCUT2D eigenvalue weighted by Crippen LogP contribution is 2.41. The van der Waals surface area contributed by atoms with Crippen molar-refractivity contribution in [2.24, 2.45) is 5.41 Å². The van der Waals surface area contributed by atoms with Crippen molar-refractivity contribution < 1.29 is 9.18 Å². The van der Waals surface area contributed by atoms with Gasteiger partial charge in [-0.15, -0.1) is 0 Å². The van der Waals surface area contributed by atoms with E-state index in [-0.39, 0.29) is 23.2 Å². The molecule has 2 N–H and O–H groups in total. The Morgan fingerprint density at radius 2 is 2.10 bits per heavy atom. The highest BCUT2D eigenvalue weighted by molar-refractivity contribution is 5.92. The first kappa shape index (κ1) is 19.4. The molecular formula is C22H26FN5O. The number of aryl methyl sites for hydroxylation is 1. The van der Waals surface area contributed by atoms with Gasteiger partial charge in [-0.1, -0.05) is 27.2 Å². The van der Waals surface area contributed by atoms with Gasteiger partial charge in [0.1, 0.15) is 11.5 Å². The van der Waals surface area contributed by atoms with Crippen molar-refractivity contribution in [1.82, 2.24) is 25.3 Å². The van der Waals surface area contributed by atoms with E-state index in [0.717, 1.165) is 48.3 Å². The third-order valence-corrected chi connectivity index (χ3v) is 5.44. The molecule has 6 nitrogen and oxygen atoms in total. The third-order valence-electron chi connectivity index (χ3n) is 5.44. The summed E-state index contributed by atoms with van der Waals surface area (Å²) in [5.74, 6) is -0.464. The number of nitrogens with one attached hydrogen (secondary N) is 2. The minimum absolute atomic E-state index is 0.0122. The van der Waals surface area contributed by atoms with E-state index in [2.05, 4.69) is 41.4 Å². The summed E-state index contributed by atoms with van der Waals surface area (Å²) in [7, 11) is 0. The van der Waals surface area contributed by atoms with Crippen molar-refractivity contribution in [3.8, 4) is 5.69 Å². The molecule has 0 aliphatic heterocycles. The molecule has 2 heterocycles. The molecule has 0 spiro atoms. The molecule has 1 atom stereocenters. The van der Waals surface area contributed by atoms with Crippen LogP contribution in [0.1, 0.15) is 67.1 Å². The summed E-state index contributed by atoms with van der Waals surface area (Å²) < 4.78 is 15.2. The fourth-order valence-corrected chi connectivity index (χ4v) is 4.08. The largest absolute Gasteiger partial charge is 0.344 e. The first-order valence-electron chi connectivity index (χ1n) is 10.0. The van der Waals surface area contributed by atoms with Crippen LogP contribution in [0.2, 0.25) is 0 Å². The van der Waals surface area contributed by atoms with Crippen molar-refractivity contribution in [2.45, 2.75) is 52.5 Å². The predicted octanol–water partition coefficient (Wildman–Crippen LogP) is 4.13. The SMILES string of the molecule is CCCc1cc(C(=O)NC2CC(C)(C)Cc3c2cnn3-c2ccc(F)cc2)n[nH]1. The zero-order valence-corrected chi connectivity index (χ0v) is 17.0. The maximum atomic E-state index is 13.3. The number of halogens is 1. The molecule has 1 aliphatic carbocycles. The molecule has 152 valence electrons. The molecular weight excluding hydrogens is 369 g/mol. The maximum Gasteiger partial charge on any atom is 0.272 e. The van der Waals surface area contributed by atoms with Crippen molar-refractivity contribution in [3.63, 3.8) is 0 Å². The second-order valence-electron chi connectivity index (χ2n) is 8.53. The third kappa shape index (κ3) is 3.95. The summed E-state index contributed by atoms with van der Waals surface area (Å²) in [6, 6.07) is 7.97. The van der Waals surface area contributed by atoms with Crippen molar-refractivity contribution in [3.05, 3.63) is 65.0 Å². The van der Waals surface area contributed by atoms with Crippen LogP contribution in [0, 0.1) is 11.2 Å². The lowest BCUT2D eigenvalue weighted by Gasteiger charge is -2.35. The number of carbonyl (C=O) groups is 1. The Balaban J connectivity index is 1.62. The molecule has 1 aliphatic rings. The second kappa shape index (κ2) is 7.46. The number of H-pyrrole nitrogens is 1. The number of amides is 1. The van der Waals surface area contributed by atoms with Gasteiger partial charge in [0.15, 0.2) is 0 Å². The Morgan fingerprint density at radius 1 is 1.34 bits per heavy atom. The van der Waals surface area contributed by atoms with Gasteiger partial charge in [-0.2, -0.15) is 10.2 Å². The molecule has 0 radical (unpaired) electrons. The lowest BCUT2D eigenvalue weighted by molar-refractivity contribution is 0.0914. The Bertz CT molecular complexity index is 1020. The van der Waals surface area contributed by atoms with E-state index in [0.29, 0.717) is 5.69 Å². The fraction of sp³-hybridized carbons (Fsp3) is 0.409. The number of fused-ring (bicyclic) bond motifs is 1. The summed E-state index contributed by atoms with van der Waals surface area (Å²) in [5, 5.41) is 14.8. The monoisotopic (exact) mass is 395 g/mol. The summed E-state index contributed by atoms with van der Waals surface area (Å²) in [4.78, 5) is 12.8. The van der Waals surface area contributed by atoms with Gasteiger partial charge in [0, 0.05) is 11.3 Å². The van der Waals surface area contributed by atoms with E-state index < -0.39 is 0 Å². The van der Waals surface area contributed by atoms with Gasteiger partial charge >= 0.3 is 0 Å². The number of nitrogens with zero attached hydrogens (tertiary/aromatic N) is 3. The summed E-state index contributed by atoms with van der Waals surface area (Å²) in [6.07, 6.45) is 5.31. The van der Waals surface area contributed by atoms with E-state index in [1.807, 2.05) is 16.9 Å². The van der Waals surface area contributed by atoms with Crippen LogP contribution in [0.15, 0.2) is 36.5 Å². The number of benzene rings is 1. The van der Waals surface area contributed by atoms with Crippen LogP contribution in [0.25, 0.3) is 5.69 Å². The zero-order valence-electron chi connectivity index (χ0n) is 17.0. The smallest absolute Gasteiger partial charge is 0.272 e. The molecule has 7 heteroatoms. The minimum Gasteiger partial charge on any atom is -0.344 e. The normalized spacial score (nSPS) is 17.7. The van der Waals surface area contributed by atoms with Crippen molar-refractivity contribution in [1.29, 1.82) is 0 Å². The predicted molar refractivity (Wildman–Crippen MR) is 108 cm³/mol. The lowest BCUT2D eigenvalue weighted by Crippen LogP contribution is -2.37. The van der Waals surface area contributed by atoms with Gasteiger partial charge in [0.2, 0.25) is 0 Å². The van der Waals surface area contributed by atoms with E-state index >= 15 is 0 Å². The molecule has 0 bridgehead atoms. The lowest BCUT2D eigenvalue weighted by atomic mass is 9.74. The first-order chi connectivity index (χ1) is 13.9. The van der Waals surface area contributed by atoms with E-state index in [1.54, 1.807) is 12.1 Å². The van der Waals surface area contributed by atoms with Gasteiger partial charge in [0.05, 0.1) is 23.6 Å². The van der Waals surface area contributed by atoms with Gasteiger partial charge in [-0.25, -0.2) is 9.07 Å². The maximum absolute atomic E-state index is 13.3. The molecule has 3 aromatic rings. The van der Waals surface area contributed by atoms with Gasteiger partial charge in [0.25, 0.3) is 5.91 Å². The Morgan fingerprint density at radius 3 is 2.83 bits per heavy atom. The Labute approximate surface area is 169 Å². The second-order valence-corrected chi connectivity index (χ2v) is 8.53. The van der Waals surface area contributed by atoms with Crippen molar-refractivity contribution >= 4 is 5.91 Å². The molecule has 4 rings (SSSR count). The highest BCUT2D eigenvalue weighted by atomic mass is 19.1. The number of carbonyl (C=O) groups excluding carboxylic acids is 1. The molecule has 1 unspecified atom stereocenters. The summed E-state index contributed by atoms with van der Waals surface area (Å²) in [6.45, 7) is 6.46. The first-order valence-corrected chi connectivity index (χ1v) is 10.0. The molecule has 1 amide bonds. The van der Waals surface area contributed by atoms with Crippen LogP contribution < -0.4 is 5.32 Å². The van der Waals surface area contributed by atoms with E-state index in [1.165, 1.54) is 12.1 Å². The van der Waals surface area contributed by atoms with E-state index in [4.69, 9.17) is 0 Å². The van der Waals surface area contributed by atoms with Gasteiger partial charge in [-0.05, 0) is 55.0 Å². The number of hydrogen-bond acceptors (Lipinski definition) is 3. The number of aromatic amines is 1. The highest BCUT2D eigenvalue weighted by Gasteiger charge is 2.36. The standard InChI is InChI=1S/C22H26FN5O/c1-4-5-15-10-18(27-26-15)21(29)25-19-11-22(2,3)12-20-17(19)13-24-28(20)16-8-6-14(23)7-9-16/h6-10,13,19H,4-5,11-12H2,1-3H3,(H,25,29)(H,26,27). The Kier molecular flexibility index (Phi) is 4.98. The number of hydrogen-bond donors (Lipinski definition) is 2. The van der Waals surface area contributed by atoms with Gasteiger partial charge in [-0.3, -0.25) is 9.89 Å². The van der Waals surface area contributed by atoms with E-state index in [9.17, 15) is 9.18 Å². The fourth-order valence-electron chi connectivity index (χ4n) is 4.08. The summed E-state index contributed by atoms with van der Waals surface area (Å²) in [5.41, 5.74) is 4.22. The Hall–Kier alpha value is -2.96. The van der Waals surface area contributed by atoms with Crippen LogP contribution in [0.4, 0.5) is 4.39 Å². The average molecular weight is 395 g/mol. The van der Waals surface area contributed by atoms with Gasteiger partial charge < -0.3 is 5.32 Å². The minimum atomic E-state index is -0.276. The zero-order chi connectivity index (χ0) is 20.6. The van der Waals surface area contributed by atoms with Crippen molar-refractivity contribution in [2.75, 3.05) is 0 Å². The number of rotatable bonds is 5.